The smallest absolute Gasteiger partial charge is 0.282 e. The van der Waals surface area contributed by atoms with Crippen LogP contribution in [0.1, 0.15) is 67.5 Å². The fourth-order valence-electron chi connectivity index (χ4n) is 7.51. The van der Waals surface area contributed by atoms with E-state index in [1.54, 1.807) is 36.3 Å². The lowest BCUT2D eigenvalue weighted by molar-refractivity contribution is -0.136. The van der Waals surface area contributed by atoms with Gasteiger partial charge in [-0.05, 0) is 71.6 Å². The number of nitrogens with one attached hydrogen (secondary N) is 3. The predicted octanol–water partition coefficient (Wildman–Crippen LogP) is 1.48. The van der Waals surface area contributed by atoms with Crippen LogP contribution in [0.2, 0.25) is 0 Å². The van der Waals surface area contributed by atoms with Crippen LogP contribution in [0.3, 0.4) is 0 Å². The van der Waals surface area contributed by atoms with Gasteiger partial charge in [0.1, 0.15) is 28.6 Å². The summed E-state index contributed by atoms with van der Waals surface area (Å²) in [6, 6.07) is 11.4. The molecule has 3 unspecified atom stereocenters. The third-order valence-electron chi connectivity index (χ3n) is 10.5. The SMILES string of the molecule is CN1CC(Nc2cnn(C)c(=O)c2Br)CC(c2ccc(C(=O)NCCOCCn3cc(COCCOc4cccc5c4C(=O)N(C4CCC(=O)NC4=O)C5=O)nn3)cc2)C1. The molecule has 0 aliphatic carbocycles. The van der Waals surface area contributed by atoms with E-state index in [1.165, 1.54) is 10.7 Å². The number of benzene rings is 2. The molecule has 0 saturated carbocycles. The van der Waals surface area contributed by atoms with Crippen LogP contribution >= 0.6 is 15.9 Å². The molecule has 2 saturated heterocycles. The lowest BCUT2D eigenvalue weighted by atomic mass is 9.87. The Morgan fingerprint density at radius 3 is 2.58 bits per heavy atom. The molecule has 3 atom stereocenters. The topological polar surface area (TPSA) is 221 Å². The number of likely N-dealkylation sites (N-methyl/N-ethyl adjacent to an activating group) is 1. The van der Waals surface area contributed by atoms with E-state index in [2.05, 4.69) is 59.2 Å². The molecule has 7 rings (SSSR count). The fraction of sp³-hybridized carbons (Fsp3) is 0.425. The molecule has 316 valence electrons. The van der Waals surface area contributed by atoms with Gasteiger partial charge in [-0.15, -0.1) is 5.10 Å². The molecule has 5 heterocycles. The van der Waals surface area contributed by atoms with Crippen molar-refractivity contribution in [2.75, 3.05) is 58.4 Å². The van der Waals surface area contributed by atoms with Gasteiger partial charge in [-0.3, -0.25) is 39.0 Å². The molecule has 19 nitrogen and oxygen atoms in total. The number of aryl methyl sites for hydroxylation is 1. The number of likely N-dealkylation sites (tertiary alicyclic amines) is 1. The summed E-state index contributed by atoms with van der Waals surface area (Å²) in [5.41, 5.74) is 2.97. The van der Waals surface area contributed by atoms with Gasteiger partial charge in [-0.2, -0.15) is 5.10 Å². The maximum atomic E-state index is 13.2. The Labute approximate surface area is 352 Å². The van der Waals surface area contributed by atoms with Crippen LogP contribution in [0.4, 0.5) is 5.69 Å². The van der Waals surface area contributed by atoms with Gasteiger partial charge in [0.15, 0.2) is 0 Å². The number of aromatic nitrogens is 5. The second-order valence-electron chi connectivity index (χ2n) is 14.8. The largest absolute Gasteiger partial charge is 0.490 e. The van der Waals surface area contributed by atoms with Crippen LogP contribution in [-0.2, 0) is 39.3 Å². The Balaban J connectivity index is 0.773. The summed E-state index contributed by atoms with van der Waals surface area (Å²) in [5.74, 6) is -2.12. The molecule has 0 bridgehead atoms. The predicted molar refractivity (Wildman–Crippen MR) is 217 cm³/mol. The molecule has 60 heavy (non-hydrogen) atoms. The van der Waals surface area contributed by atoms with Crippen LogP contribution in [0, 0.1) is 0 Å². The third-order valence-corrected chi connectivity index (χ3v) is 11.2. The highest BCUT2D eigenvalue weighted by molar-refractivity contribution is 9.10. The Kier molecular flexibility index (Phi) is 13.4. The van der Waals surface area contributed by atoms with E-state index in [0.717, 1.165) is 30.0 Å². The molecule has 3 N–H and O–H groups in total. The van der Waals surface area contributed by atoms with Crippen LogP contribution in [0.5, 0.6) is 5.75 Å². The van der Waals surface area contributed by atoms with Gasteiger partial charge in [-0.1, -0.05) is 23.4 Å². The van der Waals surface area contributed by atoms with Gasteiger partial charge in [-0.25, -0.2) is 9.36 Å². The molecular formula is C40H45BrN10O9. The van der Waals surface area contributed by atoms with E-state index in [1.807, 2.05) is 24.3 Å². The summed E-state index contributed by atoms with van der Waals surface area (Å²) in [6.45, 7) is 3.54. The zero-order valence-corrected chi connectivity index (χ0v) is 34.7. The van der Waals surface area contributed by atoms with Gasteiger partial charge in [0.05, 0.1) is 62.2 Å². The van der Waals surface area contributed by atoms with Crippen molar-refractivity contribution in [3.8, 4) is 5.75 Å². The Bertz CT molecular complexity index is 2320. The molecule has 4 aromatic rings. The first-order valence-corrected chi connectivity index (χ1v) is 20.3. The molecule has 2 aromatic heterocycles. The number of carbonyl (C=O) groups is 5. The maximum absolute atomic E-state index is 13.2. The van der Waals surface area contributed by atoms with Crippen LogP contribution in [-0.4, -0.2) is 129 Å². The Hall–Kier alpha value is -5.83. The number of amides is 5. The summed E-state index contributed by atoms with van der Waals surface area (Å²) in [5, 5.41) is 20.9. The summed E-state index contributed by atoms with van der Waals surface area (Å²) in [7, 11) is 3.68. The summed E-state index contributed by atoms with van der Waals surface area (Å²) in [4.78, 5) is 78.5. The molecule has 20 heteroatoms. The molecule has 3 aliphatic heterocycles. The number of nitrogens with zero attached hydrogens (tertiary/aromatic N) is 7. The summed E-state index contributed by atoms with van der Waals surface area (Å²) >= 11 is 3.40. The zero-order valence-electron chi connectivity index (χ0n) is 33.1. The number of hydrogen-bond acceptors (Lipinski definition) is 14. The average Bonchev–Trinajstić information content (AvgIpc) is 3.79. The van der Waals surface area contributed by atoms with Gasteiger partial charge in [0.25, 0.3) is 23.3 Å². The van der Waals surface area contributed by atoms with E-state index >= 15 is 0 Å². The molecule has 0 radical (unpaired) electrons. The van der Waals surface area contributed by atoms with Crippen molar-refractivity contribution >= 4 is 51.2 Å². The average molecular weight is 890 g/mol. The second kappa shape index (κ2) is 19.0. The number of carbonyl (C=O) groups excluding carboxylic acids is 5. The number of imide groups is 2. The Morgan fingerprint density at radius 2 is 1.78 bits per heavy atom. The lowest BCUT2D eigenvalue weighted by Gasteiger charge is -2.37. The van der Waals surface area contributed by atoms with E-state index in [4.69, 9.17) is 14.2 Å². The van der Waals surface area contributed by atoms with Crippen molar-refractivity contribution in [3.63, 3.8) is 0 Å². The minimum absolute atomic E-state index is 0.0337. The van der Waals surface area contributed by atoms with Crippen LogP contribution in [0.15, 0.2) is 64.1 Å². The molecule has 2 fully saturated rings. The van der Waals surface area contributed by atoms with E-state index < -0.39 is 29.7 Å². The molecule has 5 amide bonds. The van der Waals surface area contributed by atoms with E-state index in [0.29, 0.717) is 47.7 Å². The number of rotatable bonds is 17. The number of anilines is 1. The first-order chi connectivity index (χ1) is 29.0. The highest BCUT2D eigenvalue weighted by atomic mass is 79.9. The normalized spacial score (nSPS) is 19.3. The number of ether oxygens (including phenoxy) is 3. The monoisotopic (exact) mass is 888 g/mol. The van der Waals surface area contributed by atoms with Gasteiger partial charge in [0.2, 0.25) is 11.8 Å². The van der Waals surface area contributed by atoms with Crippen molar-refractivity contribution in [3.05, 3.63) is 97.6 Å². The Morgan fingerprint density at radius 1 is 0.967 bits per heavy atom. The van der Waals surface area contributed by atoms with Gasteiger partial charge < -0.3 is 29.7 Å². The van der Waals surface area contributed by atoms with Crippen molar-refractivity contribution in [2.45, 2.75) is 50.4 Å². The van der Waals surface area contributed by atoms with Crippen LogP contribution < -0.4 is 26.2 Å². The second-order valence-corrected chi connectivity index (χ2v) is 15.6. The van der Waals surface area contributed by atoms with Gasteiger partial charge >= 0.3 is 0 Å². The standard InChI is InChI=1S/C40H45BrN10O9/c1-48-20-26(18-27(21-48)44-30-19-43-49(2)40(57)35(30)41)24-6-8-25(9-7-24)36(53)42-12-14-58-15-13-50-22-28(46-47-50)23-59-16-17-60-32-5-3-4-29-34(32)39(56)51(38(29)55)31-10-11-33(52)45-37(31)54/h3-9,19,22,26-27,31,44H,10-18,20-21,23H2,1-2H3,(H,42,53)(H,45,52,54). The molecule has 3 aliphatic rings. The first kappa shape index (κ1) is 42.3. The minimum atomic E-state index is -1.06. The van der Waals surface area contributed by atoms with Crippen molar-refractivity contribution in [1.29, 1.82) is 0 Å². The van der Waals surface area contributed by atoms with Gasteiger partial charge in [0, 0.05) is 44.7 Å². The number of fused-ring (bicyclic) bond motifs is 1. The molecular weight excluding hydrogens is 844 g/mol. The van der Waals surface area contributed by atoms with E-state index in [9.17, 15) is 28.8 Å². The van der Waals surface area contributed by atoms with Crippen LogP contribution in [0.25, 0.3) is 0 Å². The molecule has 2 aromatic carbocycles. The van der Waals surface area contributed by atoms with Crippen molar-refractivity contribution in [1.82, 2.24) is 45.2 Å². The highest BCUT2D eigenvalue weighted by Gasteiger charge is 2.46. The number of halogens is 1. The third kappa shape index (κ3) is 9.78. The molecule has 0 spiro atoms. The fourth-order valence-corrected chi connectivity index (χ4v) is 7.98. The summed E-state index contributed by atoms with van der Waals surface area (Å²) in [6.07, 6.45) is 4.35. The number of hydrogen-bond donors (Lipinski definition) is 3. The maximum Gasteiger partial charge on any atom is 0.282 e. The van der Waals surface area contributed by atoms with Crippen molar-refractivity contribution < 1.29 is 38.2 Å². The minimum Gasteiger partial charge on any atom is -0.490 e. The first-order valence-electron chi connectivity index (χ1n) is 19.5. The number of piperidine rings is 2. The summed E-state index contributed by atoms with van der Waals surface area (Å²) < 4.78 is 20.5. The zero-order chi connectivity index (χ0) is 42.3. The lowest BCUT2D eigenvalue weighted by Crippen LogP contribution is -2.54. The van der Waals surface area contributed by atoms with Crippen molar-refractivity contribution in [2.24, 2.45) is 7.05 Å². The highest BCUT2D eigenvalue weighted by Crippen LogP contribution is 2.34. The quantitative estimate of drug-likeness (QED) is 0.101. The van der Waals surface area contributed by atoms with E-state index in [-0.39, 0.29) is 73.0 Å².